The summed E-state index contributed by atoms with van der Waals surface area (Å²) in [6.07, 6.45) is 6.13. The molecule has 0 N–H and O–H groups in total. The van der Waals surface area contributed by atoms with E-state index in [2.05, 4.69) is 36.1 Å². The van der Waals surface area contributed by atoms with E-state index in [1.165, 1.54) is 36.8 Å². The first-order valence-electron chi connectivity index (χ1n) is 7.61. The topological polar surface area (TPSA) is 20.3 Å². The van der Waals surface area contributed by atoms with Gasteiger partial charge in [-0.2, -0.15) is 0 Å². The average molecular weight is 257 g/mol. The lowest BCUT2D eigenvalue weighted by atomic mass is 9.90. The molecule has 1 aromatic rings. The fraction of sp³-hybridized carbons (Fsp3) is 0.588. The van der Waals surface area contributed by atoms with Gasteiger partial charge in [0.05, 0.1) is 0 Å². The lowest BCUT2D eigenvalue weighted by molar-refractivity contribution is -0.137. The molecule has 1 amide bonds. The van der Waals surface area contributed by atoms with Crippen molar-refractivity contribution in [2.75, 3.05) is 6.54 Å². The maximum atomic E-state index is 12.6. The highest BCUT2D eigenvalue weighted by molar-refractivity contribution is 5.79. The van der Waals surface area contributed by atoms with Crippen molar-refractivity contribution in [3.05, 3.63) is 35.4 Å². The van der Waals surface area contributed by atoms with E-state index in [9.17, 15) is 4.79 Å². The van der Waals surface area contributed by atoms with Gasteiger partial charge < -0.3 is 4.90 Å². The highest BCUT2D eigenvalue weighted by atomic mass is 16.2. The molecule has 2 nitrogen and oxygen atoms in total. The Hall–Kier alpha value is -1.31. The van der Waals surface area contributed by atoms with Gasteiger partial charge in [0, 0.05) is 19.0 Å². The molecule has 1 aliphatic carbocycles. The second kappa shape index (κ2) is 5.36. The number of rotatable bonds is 2. The quantitative estimate of drug-likeness (QED) is 0.795. The Labute approximate surface area is 115 Å². The van der Waals surface area contributed by atoms with Crippen LogP contribution in [0.15, 0.2) is 24.3 Å². The molecule has 0 bridgehead atoms. The van der Waals surface area contributed by atoms with Crippen LogP contribution in [0.25, 0.3) is 0 Å². The summed E-state index contributed by atoms with van der Waals surface area (Å²) in [4.78, 5) is 14.7. The molecule has 1 aliphatic heterocycles. The van der Waals surface area contributed by atoms with Gasteiger partial charge >= 0.3 is 0 Å². The third kappa shape index (κ3) is 2.54. The van der Waals surface area contributed by atoms with Gasteiger partial charge in [-0.15, -0.1) is 0 Å². The summed E-state index contributed by atoms with van der Waals surface area (Å²) in [5, 5.41) is 0. The predicted molar refractivity (Wildman–Crippen MR) is 76.7 cm³/mol. The largest absolute Gasteiger partial charge is 0.338 e. The summed E-state index contributed by atoms with van der Waals surface area (Å²) < 4.78 is 0. The molecule has 1 fully saturated rings. The van der Waals surface area contributed by atoms with Crippen LogP contribution in [0.1, 0.15) is 43.7 Å². The van der Waals surface area contributed by atoms with Gasteiger partial charge in [-0.05, 0) is 36.3 Å². The maximum Gasteiger partial charge on any atom is 0.225 e. The Kier molecular flexibility index (Phi) is 3.58. The molecule has 19 heavy (non-hydrogen) atoms. The van der Waals surface area contributed by atoms with Crippen LogP contribution in [0.4, 0.5) is 0 Å². The van der Waals surface area contributed by atoms with E-state index in [1.54, 1.807) is 0 Å². The number of amides is 1. The molecule has 102 valence electrons. The van der Waals surface area contributed by atoms with Crippen molar-refractivity contribution in [3.8, 4) is 0 Å². The first-order valence-corrected chi connectivity index (χ1v) is 7.61. The van der Waals surface area contributed by atoms with Crippen molar-refractivity contribution < 1.29 is 4.79 Å². The number of carbonyl (C=O) groups excluding carboxylic acids is 1. The average Bonchev–Trinajstić information content (AvgIpc) is 2.99. The maximum absolute atomic E-state index is 12.6. The van der Waals surface area contributed by atoms with Crippen molar-refractivity contribution in [2.45, 2.75) is 45.6 Å². The molecule has 1 atom stereocenters. The van der Waals surface area contributed by atoms with Crippen LogP contribution in [-0.4, -0.2) is 17.4 Å². The predicted octanol–water partition coefficient (Wildman–Crippen LogP) is 3.40. The summed E-state index contributed by atoms with van der Waals surface area (Å²) in [6, 6.07) is 8.53. The Morgan fingerprint density at radius 3 is 2.63 bits per heavy atom. The van der Waals surface area contributed by atoms with Crippen LogP contribution in [0.5, 0.6) is 0 Å². The molecule has 2 aliphatic rings. The molecule has 1 saturated carbocycles. The fourth-order valence-electron chi connectivity index (χ4n) is 3.63. The number of hydrogen-bond acceptors (Lipinski definition) is 1. The molecule has 1 heterocycles. The van der Waals surface area contributed by atoms with E-state index in [0.29, 0.717) is 11.8 Å². The second-order valence-electron chi connectivity index (χ2n) is 6.11. The number of nitrogens with zero attached hydrogens (tertiary/aromatic N) is 1. The van der Waals surface area contributed by atoms with Crippen LogP contribution in [0.3, 0.4) is 0 Å². The molecule has 3 rings (SSSR count). The fourth-order valence-corrected chi connectivity index (χ4v) is 3.63. The van der Waals surface area contributed by atoms with Gasteiger partial charge in [0.15, 0.2) is 0 Å². The monoisotopic (exact) mass is 257 g/mol. The van der Waals surface area contributed by atoms with Crippen molar-refractivity contribution >= 4 is 5.91 Å². The van der Waals surface area contributed by atoms with Crippen LogP contribution in [0.2, 0.25) is 0 Å². The molecule has 1 unspecified atom stereocenters. The van der Waals surface area contributed by atoms with Gasteiger partial charge in [0.1, 0.15) is 0 Å². The zero-order valence-corrected chi connectivity index (χ0v) is 11.8. The second-order valence-corrected chi connectivity index (χ2v) is 6.11. The Morgan fingerprint density at radius 1 is 1.21 bits per heavy atom. The highest BCUT2D eigenvalue weighted by Gasteiger charge is 2.31. The van der Waals surface area contributed by atoms with Gasteiger partial charge in [-0.1, -0.05) is 44.0 Å². The lowest BCUT2D eigenvalue weighted by Crippen LogP contribution is -2.40. The van der Waals surface area contributed by atoms with Crippen LogP contribution in [0, 0.1) is 11.8 Å². The van der Waals surface area contributed by atoms with E-state index in [1.807, 2.05) is 0 Å². The Balaban J connectivity index is 1.68. The molecule has 1 aromatic carbocycles. The Bertz CT molecular complexity index is 462. The molecule has 0 aromatic heterocycles. The van der Waals surface area contributed by atoms with Crippen molar-refractivity contribution in [1.29, 1.82) is 0 Å². The van der Waals surface area contributed by atoms with E-state index in [0.717, 1.165) is 19.5 Å². The van der Waals surface area contributed by atoms with Crippen LogP contribution in [-0.2, 0) is 17.8 Å². The zero-order valence-electron chi connectivity index (χ0n) is 11.8. The molecule has 2 heteroatoms. The van der Waals surface area contributed by atoms with Crippen molar-refractivity contribution in [2.24, 2.45) is 11.8 Å². The third-order valence-electron chi connectivity index (χ3n) is 4.94. The van der Waals surface area contributed by atoms with Crippen molar-refractivity contribution in [1.82, 2.24) is 4.90 Å². The molecule has 0 radical (unpaired) electrons. The third-order valence-corrected chi connectivity index (χ3v) is 4.94. The van der Waals surface area contributed by atoms with E-state index in [4.69, 9.17) is 0 Å². The number of fused-ring (bicyclic) bond motifs is 1. The lowest BCUT2D eigenvalue weighted by Gasteiger charge is -2.32. The van der Waals surface area contributed by atoms with Gasteiger partial charge in [-0.3, -0.25) is 4.79 Å². The zero-order chi connectivity index (χ0) is 13.2. The van der Waals surface area contributed by atoms with E-state index in [-0.39, 0.29) is 5.92 Å². The SMILES string of the molecule is CC(C(=O)N1CCc2ccccc2C1)C1CCCC1. The smallest absolute Gasteiger partial charge is 0.225 e. The van der Waals surface area contributed by atoms with E-state index >= 15 is 0 Å². The standard InChI is InChI=1S/C17H23NO/c1-13(14-6-2-3-7-14)17(19)18-11-10-15-8-4-5-9-16(15)12-18/h4-5,8-9,13-14H,2-3,6-7,10-12H2,1H3. The van der Waals surface area contributed by atoms with Gasteiger partial charge in [0.2, 0.25) is 5.91 Å². The molecule has 0 spiro atoms. The number of hydrogen-bond donors (Lipinski definition) is 0. The van der Waals surface area contributed by atoms with Crippen molar-refractivity contribution in [3.63, 3.8) is 0 Å². The molecular weight excluding hydrogens is 234 g/mol. The van der Waals surface area contributed by atoms with E-state index < -0.39 is 0 Å². The minimum Gasteiger partial charge on any atom is -0.338 e. The summed E-state index contributed by atoms with van der Waals surface area (Å²) >= 11 is 0. The van der Waals surface area contributed by atoms with Crippen LogP contribution < -0.4 is 0 Å². The summed E-state index contributed by atoms with van der Waals surface area (Å²) in [5.74, 6) is 1.22. The summed E-state index contributed by atoms with van der Waals surface area (Å²) in [5.41, 5.74) is 2.75. The van der Waals surface area contributed by atoms with Gasteiger partial charge in [0.25, 0.3) is 0 Å². The van der Waals surface area contributed by atoms with Crippen LogP contribution >= 0.6 is 0 Å². The Morgan fingerprint density at radius 2 is 1.89 bits per heavy atom. The minimum absolute atomic E-state index is 0.216. The first-order chi connectivity index (χ1) is 9.25. The highest BCUT2D eigenvalue weighted by Crippen LogP contribution is 2.33. The molecule has 0 saturated heterocycles. The molecular formula is C17H23NO. The first kappa shape index (κ1) is 12.7. The van der Waals surface area contributed by atoms with Gasteiger partial charge in [-0.25, -0.2) is 0 Å². The minimum atomic E-state index is 0.216. The summed E-state index contributed by atoms with van der Waals surface area (Å²) in [6.45, 7) is 3.85. The normalized spacial score (nSPS) is 21.2. The summed E-state index contributed by atoms with van der Waals surface area (Å²) in [7, 11) is 0. The number of benzene rings is 1. The number of carbonyl (C=O) groups is 1.